The molecule has 7 heteroatoms. The number of hydrogen-bond acceptors (Lipinski definition) is 3. The molecule has 0 fully saturated rings. The Balaban J connectivity index is 2.45. The van der Waals surface area contributed by atoms with E-state index >= 15 is 0 Å². The van der Waals surface area contributed by atoms with Crippen LogP contribution in [-0.2, 0) is 0 Å². The highest BCUT2D eigenvalue weighted by Gasteiger charge is 2.17. The highest BCUT2D eigenvalue weighted by atomic mass is 35.5. The largest absolute Gasteiger partial charge is 0.245 e. The van der Waals surface area contributed by atoms with Crippen LogP contribution < -0.4 is 5.12 Å². The molecule has 17 heavy (non-hydrogen) atoms. The highest BCUT2D eigenvalue weighted by molar-refractivity contribution is 6.36. The zero-order valence-electron chi connectivity index (χ0n) is 8.24. The second-order valence-electron chi connectivity index (χ2n) is 3.04. The molecule has 0 saturated heterocycles. The lowest BCUT2D eigenvalue weighted by atomic mass is 10.3. The van der Waals surface area contributed by atoms with Crippen molar-refractivity contribution in [2.75, 3.05) is 5.12 Å². The Morgan fingerprint density at radius 2 is 1.94 bits per heavy atom. The van der Waals surface area contributed by atoms with E-state index in [1.165, 1.54) is 30.7 Å². The van der Waals surface area contributed by atoms with Crippen LogP contribution in [0.3, 0.4) is 0 Å². The van der Waals surface area contributed by atoms with Crippen LogP contribution in [0.2, 0.25) is 10.0 Å². The van der Waals surface area contributed by atoms with Gasteiger partial charge in [-0.3, -0.25) is 0 Å². The van der Waals surface area contributed by atoms with E-state index in [9.17, 15) is 8.87 Å². The number of benzene rings is 1. The molecule has 0 radical (unpaired) electrons. The molecular formula is C10H5Cl2F2N3. The normalized spacial score (nSPS) is 10.4. The van der Waals surface area contributed by atoms with Crippen LogP contribution in [0.1, 0.15) is 0 Å². The zero-order valence-corrected chi connectivity index (χ0v) is 9.75. The van der Waals surface area contributed by atoms with E-state index in [-0.39, 0.29) is 21.6 Å². The molecule has 0 bridgehead atoms. The lowest BCUT2D eigenvalue weighted by Crippen LogP contribution is -2.07. The number of aromatic nitrogens is 2. The molecule has 1 aromatic heterocycles. The summed E-state index contributed by atoms with van der Waals surface area (Å²) in [7, 11) is 0. The predicted octanol–water partition coefficient (Wildman–Crippen LogP) is 3.95. The predicted molar refractivity (Wildman–Crippen MR) is 61.7 cm³/mol. The average molecular weight is 276 g/mol. The Kier molecular flexibility index (Phi) is 3.40. The van der Waals surface area contributed by atoms with E-state index in [0.29, 0.717) is 0 Å². The topological polar surface area (TPSA) is 29.0 Å². The summed E-state index contributed by atoms with van der Waals surface area (Å²) in [5, 5.41) is -0.419. The molecule has 0 unspecified atom stereocenters. The van der Waals surface area contributed by atoms with Gasteiger partial charge >= 0.3 is 0 Å². The Morgan fingerprint density at radius 1 is 1.18 bits per heavy atom. The first-order chi connectivity index (χ1) is 8.11. The lowest BCUT2D eigenvalue weighted by molar-refractivity contribution is 0.496. The second-order valence-corrected chi connectivity index (χ2v) is 3.83. The first-order valence-electron chi connectivity index (χ1n) is 4.46. The van der Waals surface area contributed by atoms with Crippen LogP contribution in [0.15, 0.2) is 30.7 Å². The fraction of sp³-hybridized carbons (Fsp3) is 0. The van der Waals surface area contributed by atoms with Crippen LogP contribution in [0.5, 0.6) is 0 Å². The van der Waals surface area contributed by atoms with Crippen molar-refractivity contribution in [2.24, 2.45) is 0 Å². The third-order valence-corrected chi connectivity index (χ3v) is 2.65. The summed E-state index contributed by atoms with van der Waals surface area (Å²) < 4.78 is 27.3. The molecular weight excluding hydrogens is 271 g/mol. The summed E-state index contributed by atoms with van der Waals surface area (Å²) in [5.74, 6) is -0.925. The van der Waals surface area contributed by atoms with Gasteiger partial charge in [-0.05, 0) is 12.1 Å². The maximum Gasteiger partial charge on any atom is 0.166 e. The van der Waals surface area contributed by atoms with E-state index in [2.05, 4.69) is 9.97 Å². The minimum absolute atomic E-state index is 0.0522. The summed E-state index contributed by atoms with van der Waals surface area (Å²) in [6.07, 6.45) is 2.52. The zero-order chi connectivity index (χ0) is 12.4. The van der Waals surface area contributed by atoms with Crippen molar-refractivity contribution in [3.63, 3.8) is 0 Å². The lowest BCUT2D eigenvalue weighted by Gasteiger charge is -2.14. The van der Waals surface area contributed by atoms with Crippen molar-refractivity contribution in [1.82, 2.24) is 9.97 Å². The van der Waals surface area contributed by atoms with Crippen LogP contribution in [0, 0.1) is 5.82 Å². The number of halogens is 4. The van der Waals surface area contributed by atoms with Crippen molar-refractivity contribution >= 4 is 34.7 Å². The first kappa shape index (κ1) is 12.0. The molecule has 0 aliphatic heterocycles. The SMILES string of the molecule is Fc1c(Cl)ccc(N(F)c2ccncn2)c1Cl. The van der Waals surface area contributed by atoms with Gasteiger partial charge in [0.15, 0.2) is 11.6 Å². The molecule has 0 saturated carbocycles. The summed E-state index contributed by atoms with van der Waals surface area (Å²) in [6, 6.07) is 3.80. The molecule has 0 N–H and O–H groups in total. The van der Waals surface area contributed by atoms with Crippen LogP contribution in [0.4, 0.5) is 20.4 Å². The van der Waals surface area contributed by atoms with Gasteiger partial charge in [0, 0.05) is 12.3 Å². The maximum atomic E-state index is 13.9. The van der Waals surface area contributed by atoms with E-state index < -0.39 is 10.8 Å². The Morgan fingerprint density at radius 3 is 2.59 bits per heavy atom. The van der Waals surface area contributed by atoms with Crippen molar-refractivity contribution in [3.05, 3.63) is 46.6 Å². The van der Waals surface area contributed by atoms with E-state index in [1.807, 2.05) is 0 Å². The van der Waals surface area contributed by atoms with Gasteiger partial charge in [-0.15, -0.1) is 0 Å². The molecule has 0 aliphatic rings. The monoisotopic (exact) mass is 275 g/mol. The summed E-state index contributed by atoms with van der Waals surface area (Å²) in [5.41, 5.74) is -0.174. The van der Waals surface area contributed by atoms with E-state index in [4.69, 9.17) is 23.2 Å². The third-order valence-electron chi connectivity index (χ3n) is 1.99. The number of rotatable bonds is 2. The van der Waals surface area contributed by atoms with E-state index in [1.54, 1.807) is 0 Å². The van der Waals surface area contributed by atoms with Crippen molar-refractivity contribution in [1.29, 1.82) is 0 Å². The number of nitrogens with zero attached hydrogens (tertiary/aromatic N) is 3. The molecule has 2 rings (SSSR count). The number of anilines is 2. The van der Waals surface area contributed by atoms with E-state index in [0.717, 1.165) is 0 Å². The molecule has 3 nitrogen and oxygen atoms in total. The van der Waals surface area contributed by atoms with Crippen LogP contribution in [0.25, 0.3) is 0 Å². The Labute approximate surface area is 106 Å². The minimum atomic E-state index is -0.873. The number of hydrogen-bond donors (Lipinski definition) is 0. The van der Waals surface area contributed by atoms with Crippen LogP contribution >= 0.6 is 23.2 Å². The summed E-state index contributed by atoms with van der Waals surface area (Å²) in [4.78, 5) is 7.32. The molecule has 0 atom stereocenters. The van der Waals surface area contributed by atoms with Crippen molar-refractivity contribution < 1.29 is 8.87 Å². The average Bonchev–Trinajstić information content (AvgIpc) is 2.36. The van der Waals surface area contributed by atoms with Crippen molar-refractivity contribution in [3.8, 4) is 0 Å². The Hall–Kier alpha value is -1.46. The quantitative estimate of drug-likeness (QED) is 0.614. The molecule has 0 spiro atoms. The van der Waals surface area contributed by atoms with Gasteiger partial charge in [0.1, 0.15) is 11.3 Å². The fourth-order valence-electron chi connectivity index (χ4n) is 1.19. The van der Waals surface area contributed by atoms with Gasteiger partial charge in [0.25, 0.3) is 0 Å². The first-order valence-corrected chi connectivity index (χ1v) is 5.22. The third kappa shape index (κ3) is 2.30. The van der Waals surface area contributed by atoms with Gasteiger partial charge in [0.05, 0.1) is 10.7 Å². The fourth-order valence-corrected chi connectivity index (χ4v) is 1.64. The van der Waals surface area contributed by atoms with Crippen molar-refractivity contribution in [2.45, 2.75) is 0 Å². The summed E-state index contributed by atoms with van der Waals surface area (Å²) >= 11 is 11.2. The minimum Gasteiger partial charge on any atom is -0.245 e. The molecule has 88 valence electrons. The van der Waals surface area contributed by atoms with Gasteiger partial charge in [-0.1, -0.05) is 27.7 Å². The van der Waals surface area contributed by atoms with Gasteiger partial charge < -0.3 is 0 Å². The standard InChI is InChI=1S/C10H5Cl2F2N3/c11-6-1-2-7(9(12)10(6)13)17(14)8-3-4-15-5-16-8/h1-5H. The molecule has 0 aliphatic carbocycles. The Bertz CT molecular complexity index is 537. The molecule has 1 heterocycles. The second kappa shape index (κ2) is 4.81. The van der Waals surface area contributed by atoms with Gasteiger partial charge in [-0.25, -0.2) is 14.4 Å². The van der Waals surface area contributed by atoms with Gasteiger partial charge in [-0.2, -0.15) is 5.12 Å². The smallest absolute Gasteiger partial charge is 0.166 e. The van der Waals surface area contributed by atoms with Gasteiger partial charge in [0.2, 0.25) is 0 Å². The molecule has 2 aromatic rings. The molecule has 1 aromatic carbocycles. The van der Waals surface area contributed by atoms with Crippen LogP contribution in [-0.4, -0.2) is 9.97 Å². The molecule has 0 amide bonds. The highest BCUT2D eigenvalue weighted by Crippen LogP contribution is 2.35. The maximum absolute atomic E-state index is 13.9. The summed E-state index contributed by atoms with van der Waals surface area (Å²) in [6.45, 7) is 0.